The number of hydrogen-bond donors (Lipinski definition) is 1. The van der Waals surface area contributed by atoms with Crippen LogP contribution in [0.2, 0.25) is 0 Å². The molecule has 0 radical (unpaired) electrons. The summed E-state index contributed by atoms with van der Waals surface area (Å²) in [5, 5.41) is 0.772. The Hall–Kier alpha value is -0.530. The van der Waals surface area contributed by atoms with E-state index in [1.807, 2.05) is 6.92 Å². The molecule has 0 saturated heterocycles. The third-order valence-corrected chi connectivity index (χ3v) is 4.86. The summed E-state index contributed by atoms with van der Waals surface area (Å²) in [5.41, 5.74) is 0. The monoisotopic (exact) mass is 369 g/mol. The number of nitrogens with one attached hydrogen (secondary N) is 1. The molecule has 1 N–H and O–H groups in total. The average Bonchev–Trinajstić information content (AvgIpc) is 2.39. The van der Waals surface area contributed by atoms with Crippen molar-refractivity contribution in [2.45, 2.75) is 31.1 Å². The molecule has 1 aromatic rings. The largest absolute Gasteiger partial charge is 0.243 e. The normalized spacial score (nSPS) is 13.4. The van der Waals surface area contributed by atoms with Crippen LogP contribution in [0.25, 0.3) is 0 Å². The van der Waals surface area contributed by atoms with Crippen molar-refractivity contribution in [2.24, 2.45) is 5.92 Å². The lowest BCUT2D eigenvalue weighted by Gasteiger charge is -2.16. The van der Waals surface area contributed by atoms with Gasteiger partial charge in [-0.05, 0) is 37.0 Å². The molecule has 1 unspecified atom stereocenters. The van der Waals surface area contributed by atoms with Crippen molar-refractivity contribution in [1.29, 1.82) is 0 Å². The van der Waals surface area contributed by atoms with Crippen molar-refractivity contribution in [3.05, 3.63) is 29.8 Å². The second kappa shape index (κ2) is 8.05. The summed E-state index contributed by atoms with van der Waals surface area (Å²) < 4.78 is 52.9. The Morgan fingerprint density at radius 1 is 1.30 bits per heavy atom. The van der Waals surface area contributed by atoms with Crippen LogP contribution in [0.4, 0.5) is 8.78 Å². The topological polar surface area (TPSA) is 46.2 Å². The first-order chi connectivity index (χ1) is 9.40. The van der Waals surface area contributed by atoms with Crippen molar-refractivity contribution in [1.82, 2.24) is 4.72 Å². The summed E-state index contributed by atoms with van der Waals surface area (Å²) in [4.78, 5) is -0.647. The van der Waals surface area contributed by atoms with Crippen molar-refractivity contribution in [2.75, 3.05) is 11.9 Å². The van der Waals surface area contributed by atoms with Gasteiger partial charge in [0.15, 0.2) is 0 Å². The molecule has 7 heteroatoms. The molecule has 0 aliphatic rings. The fourth-order valence-corrected chi connectivity index (χ4v) is 3.75. The summed E-state index contributed by atoms with van der Waals surface area (Å²) >= 11 is 3.32. The number of hydrogen-bond acceptors (Lipinski definition) is 2. The molecule has 0 heterocycles. The summed E-state index contributed by atoms with van der Waals surface area (Å²) in [5.74, 6) is -1.56. The molecule has 0 saturated carbocycles. The second-order valence-corrected chi connectivity index (χ2v) is 7.09. The minimum Gasteiger partial charge on any atom is -0.211 e. The van der Waals surface area contributed by atoms with Crippen molar-refractivity contribution in [3.63, 3.8) is 0 Å². The molecule has 0 aliphatic carbocycles. The van der Waals surface area contributed by atoms with Crippen LogP contribution in [0.15, 0.2) is 23.1 Å². The lowest BCUT2D eigenvalue weighted by Crippen LogP contribution is -2.30. The molecular weight excluding hydrogens is 352 g/mol. The highest BCUT2D eigenvalue weighted by molar-refractivity contribution is 9.09. The van der Waals surface area contributed by atoms with Gasteiger partial charge in [0.25, 0.3) is 0 Å². The molecule has 0 aliphatic heterocycles. The molecule has 0 fully saturated rings. The van der Waals surface area contributed by atoms with E-state index in [9.17, 15) is 17.2 Å². The zero-order valence-corrected chi connectivity index (χ0v) is 13.6. The highest BCUT2D eigenvalue weighted by Crippen LogP contribution is 2.17. The molecule has 0 bridgehead atoms. The number of rotatable bonds is 8. The number of benzene rings is 1. The Morgan fingerprint density at radius 3 is 2.60 bits per heavy atom. The Morgan fingerprint density at radius 2 is 2.00 bits per heavy atom. The highest BCUT2D eigenvalue weighted by atomic mass is 79.9. The number of alkyl halides is 1. The van der Waals surface area contributed by atoms with Crippen LogP contribution in [0.5, 0.6) is 0 Å². The molecule has 1 rings (SSSR count). The maximum atomic E-state index is 13.5. The Balaban J connectivity index is 2.81. The van der Waals surface area contributed by atoms with Gasteiger partial charge in [-0.2, -0.15) is 0 Å². The summed E-state index contributed by atoms with van der Waals surface area (Å²) in [6, 6.07) is 2.39. The Labute approximate surface area is 126 Å². The van der Waals surface area contributed by atoms with Crippen LogP contribution in [0.1, 0.15) is 26.2 Å². The third kappa shape index (κ3) is 5.10. The van der Waals surface area contributed by atoms with E-state index < -0.39 is 26.6 Å². The summed E-state index contributed by atoms with van der Waals surface area (Å²) in [6.07, 6.45) is 2.63. The van der Waals surface area contributed by atoms with E-state index >= 15 is 0 Å². The predicted octanol–water partition coefficient (Wildman–Crippen LogP) is 3.44. The standard InChI is InChI=1S/C13H18BrF2NO2S/c1-2-3-10(6-7-14)9-17-20(18,19)13-8-11(15)4-5-12(13)16/h4-5,8,10,17H,2-3,6-7,9H2,1H3. The molecule has 0 amide bonds. The zero-order chi connectivity index (χ0) is 15.2. The molecule has 0 spiro atoms. The van der Waals surface area contributed by atoms with E-state index in [0.717, 1.165) is 36.7 Å². The molecule has 1 aromatic carbocycles. The first kappa shape index (κ1) is 17.5. The molecule has 3 nitrogen and oxygen atoms in total. The minimum absolute atomic E-state index is 0.172. The third-order valence-electron chi connectivity index (χ3n) is 2.96. The van der Waals surface area contributed by atoms with Crippen LogP contribution in [0, 0.1) is 17.6 Å². The minimum atomic E-state index is -4.03. The number of halogens is 3. The van der Waals surface area contributed by atoms with Gasteiger partial charge in [-0.15, -0.1) is 0 Å². The van der Waals surface area contributed by atoms with Gasteiger partial charge < -0.3 is 0 Å². The Kier molecular flexibility index (Phi) is 7.05. The molecular formula is C13H18BrF2NO2S. The van der Waals surface area contributed by atoms with E-state index in [2.05, 4.69) is 20.7 Å². The smallest absolute Gasteiger partial charge is 0.211 e. The maximum Gasteiger partial charge on any atom is 0.243 e. The summed E-state index contributed by atoms with van der Waals surface area (Å²) in [7, 11) is -4.03. The van der Waals surface area contributed by atoms with E-state index in [-0.39, 0.29) is 12.5 Å². The van der Waals surface area contributed by atoms with Crippen LogP contribution >= 0.6 is 15.9 Å². The quantitative estimate of drug-likeness (QED) is 0.713. The van der Waals surface area contributed by atoms with Gasteiger partial charge in [-0.3, -0.25) is 0 Å². The molecule has 0 aromatic heterocycles. The lowest BCUT2D eigenvalue weighted by atomic mass is 10.0. The van der Waals surface area contributed by atoms with Crippen molar-refractivity contribution in [3.8, 4) is 0 Å². The SMILES string of the molecule is CCCC(CCBr)CNS(=O)(=O)c1cc(F)ccc1F. The molecule has 20 heavy (non-hydrogen) atoms. The Bertz CT molecular complexity index is 531. The van der Waals surface area contributed by atoms with E-state index in [1.165, 1.54) is 0 Å². The maximum absolute atomic E-state index is 13.5. The van der Waals surface area contributed by atoms with Crippen LogP contribution in [-0.4, -0.2) is 20.3 Å². The highest BCUT2D eigenvalue weighted by Gasteiger charge is 2.21. The first-order valence-electron chi connectivity index (χ1n) is 6.41. The van der Waals surface area contributed by atoms with Crippen LogP contribution < -0.4 is 4.72 Å². The molecule has 1 atom stereocenters. The fourth-order valence-electron chi connectivity index (χ4n) is 1.90. The first-order valence-corrected chi connectivity index (χ1v) is 9.01. The fraction of sp³-hybridized carbons (Fsp3) is 0.538. The van der Waals surface area contributed by atoms with E-state index in [0.29, 0.717) is 6.07 Å². The van der Waals surface area contributed by atoms with Crippen molar-refractivity contribution < 1.29 is 17.2 Å². The van der Waals surface area contributed by atoms with Gasteiger partial charge in [-0.25, -0.2) is 21.9 Å². The van der Waals surface area contributed by atoms with Gasteiger partial charge in [0.1, 0.15) is 16.5 Å². The zero-order valence-electron chi connectivity index (χ0n) is 11.2. The van der Waals surface area contributed by atoms with E-state index in [4.69, 9.17) is 0 Å². The van der Waals surface area contributed by atoms with Gasteiger partial charge in [-0.1, -0.05) is 29.3 Å². The lowest BCUT2D eigenvalue weighted by molar-refractivity contribution is 0.457. The molecule has 114 valence electrons. The predicted molar refractivity (Wildman–Crippen MR) is 78.4 cm³/mol. The van der Waals surface area contributed by atoms with Crippen LogP contribution in [0.3, 0.4) is 0 Å². The summed E-state index contributed by atoms with van der Waals surface area (Å²) in [6.45, 7) is 2.24. The van der Waals surface area contributed by atoms with Gasteiger partial charge >= 0.3 is 0 Å². The number of sulfonamides is 1. The van der Waals surface area contributed by atoms with Crippen LogP contribution in [-0.2, 0) is 10.0 Å². The van der Waals surface area contributed by atoms with Gasteiger partial charge in [0, 0.05) is 11.9 Å². The van der Waals surface area contributed by atoms with Crippen molar-refractivity contribution >= 4 is 26.0 Å². The van der Waals surface area contributed by atoms with E-state index in [1.54, 1.807) is 0 Å². The van der Waals surface area contributed by atoms with Gasteiger partial charge in [0.2, 0.25) is 10.0 Å². The second-order valence-electron chi connectivity index (χ2n) is 4.56. The average molecular weight is 370 g/mol. The van der Waals surface area contributed by atoms with Gasteiger partial charge in [0.05, 0.1) is 0 Å².